The minimum Gasteiger partial charge on any atom is -0.350 e. The molecule has 0 unspecified atom stereocenters. The molecular weight excluding hydrogens is 366 g/mol. The molecule has 0 bridgehead atoms. The fourth-order valence-corrected chi connectivity index (χ4v) is 3.12. The lowest BCUT2D eigenvalue weighted by Gasteiger charge is -2.30. The van der Waals surface area contributed by atoms with Crippen molar-refractivity contribution in [2.75, 3.05) is 25.0 Å². The van der Waals surface area contributed by atoms with Crippen LogP contribution in [0.2, 0.25) is 5.02 Å². The monoisotopic (exact) mass is 387 g/mol. The number of anilines is 1. The summed E-state index contributed by atoms with van der Waals surface area (Å²) in [5.41, 5.74) is 0.843. The average Bonchev–Trinajstić information content (AvgIpc) is 2.69. The van der Waals surface area contributed by atoms with Crippen LogP contribution < -0.4 is 10.6 Å². The van der Waals surface area contributed by atoms with E-state index in [4.69, 9.17) is 11.6 Å². The Morgan fingerprint density at radius 1 is 1.15 bits per heavy atom. The predicted octanol–water partition coefficient (Wildman–Crippen LogP) is 2.10. The van der Waals surface area contributed by atoms with Crippen molar-refractivity contribution in [3.63, 3.8) is 0 Å². The van der Waals surface area contributed by atoms with Gasteiger partial charge < -0.3 is 10.6 Å². The summed E-state index contributed by atoms with van der Waals surface area (Å²) < 4.78 is 0. The van der Waals surface area contributed by atoms with E-state index in [1.807, 2.05) is 23.1 Å². The molecule has 0 aliphatic carbocycles. The molecule has 2 aromatic heterocycles. The summed E-state index contributed by atoms with van der Waals surface area (Å²) in [5.74, 6) is 0.386. The highest BCUT2D eigenvalue weighted by Crippen LogP contribution is 2.17. The number of likely N-dealkylation sites (tertiary alicyclic amines) is 1. The Hall–Kier alpha value is -2.51. The highest BCUT2D eigenvalue weighted by Gasteiger charge is 2.25. The van der Waals surface area contributed by atoms with Gasteiger partial charge in [0.2, 0.25) is 11.8 Å². The van der Waals surface area contributed by atoms with Crippen molar-refractivity contribution in [2.24, 2.45) is 5.92 Å². The number of nitrogens with zero attached hydrogens (tertiary/aromatic N) is 3. The molecule has 3 heterocycles. The highest BCUT2D eigenvalue weighted by molar-refractivity contribution is 6.30. The minimum atomic E-state index is -0.122. The number of hydrogen-bond donors (Lipinski definition) is 2. The van der Waals surface area contributed by atoms with E-state index in [1.54, 1.807) is 18.3 Å². The van der Waals surface area contributed by atoms with E-state index >= 15 is 0 Å². The normalized spacial score (nSPS) is 15.3. The number of rotatable bonds is 6. The Labute approximate surface area is 163 Å². The molecule has 3 rings (SSSR count). The van der Waals surface area contributed by atoms with Gasteiger partial charge in [-0.25, -0.2) is 4.98 Å². The van der Waals surface area contributed by atoms with Crippen LogP contribution in [-0.4, -0.2) is 46.3 Å². The molecule has 1 saturated heterocycles. The summed E-state index contributed by atoms with van der Waals surface area (Å²) in [6.45, 7) is 2.15. The van der Waals surface area contributed by atoms with Crippen molar-refractivity contribution >= 4 is 29.2 Å². The number of halogens is 1. The molecule has 2 aromatic rings. The number of piperidine rings is 1. The molecule has 0 spiro atoms. The first-order chi connectivity index (χ1) is 13.1. The maximum atomic E-state index is 12.3. The largest absolute Gasteiger partial charge is 0.350 e. The van der Waals surface area contributed by atoms with Crippen LogP contribution in [-0.2, 0) is 16.1 Å². The van der Waals surface area contributed by atoms with Gasteiger partial charge in [-0.15, -0.1) is 0 Å². The molecule has 1 aliphatic heterocycles. The van der Waals surface area contributed by atoms with Crippen LogP contribution in [0.15, 0.2) is 42.7 Å². The van der Waals surface area contributed by atoms with Crippen molar-refractivity contribution in [1.82, 2.24) is 20.2 Å². The Balaban J connectivity index is 1.38. The molecule has 1 aliphatic rings. The van der Waals surface area contributed by atoms with E-state index in [-0.39, 0.29) is 24.3 Å². The van der Waals surface area contributed by atoms with E-state index in [2.05, 4.69) is 20.6 Å². The Kier molecular flexibility index (Phi) is 6.73. The topological polar surface area (TPSA) is 87.2 Å². The van der Waals surface area contributed by atoms with Gasteiger partial charge in [-0.1, -0.05) is 17.7 Å². The van der Waals surface area contributed by atoms with Crippen LogP contribution >= 0.6 is 11.6 Å². The van der Waals surface area contributed by atoms with Gasteiger partial charge in [-0.3, -0.25) is 19.5 Å². The Bertz CT molecular complexity index is 761. The summed E-state index contributed by atoms with van der Waals surface area (Å²) in [6, 6.07) is 8.98. The summed E-state index contributed by atoms with van der Waals surface area (Å²) >= 11 is 5.78. The van der Waals surface area contributed by atoms with Crippen molar-refractivity contribution in [3.8, 4) is 0 Å². The number of hydrogen-bond acceptors (Lipinski definition) is 5. The van der Waals surface area contributed by atoms with Crippen LogP contribution in [0.5, 0.6) is 0 Å². The van der Waals surface area contributed by atoms with Gasteiger partial charge >= 0.3 is 0 Å². The van der Waals surface area contributed by atoms with Crippen LogP contribution in [0.3, 0.4) is 0 Å². The van der Waals surface area contributed by atoms with E-state index < -0.39 is 0 Å². The summed E-state index contributed by atoms with van der Waals surface area (Å²) in [6.07, 6.45) is 4.68. The van der Waals surface area contributed by atoms with E-state index in [1.165, 1.54) is 6.20 Å². The zero-order valence-corrected chi connectivity index (χ0v) is 15.7. The smallest absolute Gasteiger partial charge is 0.239 e. The van der Waals surface area contributed by atoms with Gasteiger partial charge in [0.05, 0.1) is 23.8 Å². The molecule has 0 radical (unpaired) electrons. The highest BCUT2D eigenvalue weighted by atomic mass is 35.5. The van der Waals surface area contributed by atoms with Gasteiger partial charge in [0.15, 0.2) is 0 Å². The second kappa shape index (κ2) is 9.43. The van der Waals surface area contributed by atoms with Gasteiger partial charge in [0.1, 0.15) is 5.82 Å². The number of carbonyl (C=O) groups is 2. The molecular formula is C19H22ClN5O2. The molecule has 27 heavy (non-hydrogen) atoms. The van der Waals surface area contributed by atoms with Crippen molar-refractivity contribution < 1.29 is 9.59 Å². The molecule has 1 fully saturated rings. The summed E-state index contributed by atoms with van der Waals surface area (Å²) in [7, 11) is 0. The first kappa shape index (κ1) is 19.3. The quantitative estimate of drug-likeness (QED) is 0.792. The van der Waals surface area contributed by atoms with Crippen LogP contribution in [0.1, 0.15) is 18.5 Å². The van der Waals surface area contributed by atoms with Crippen molar-refractivity contribution in [3.05, 3.63) is 53.4 Å². The Morgan fingerprint density at radius 2 is 1.96 bits per heavy atom. The first-order valence-corrected chi connectivity index (χ1v) is 9.29. The molecule has 0 aromatic carbocycles. The van der Waals surface area contributed by atoms with Crippen molar-refractivity contribution in [2.45, 2.75) is 19.4 Å². The second-order valence-corrected chi connectivity index (χ2v) is 6.94. The summed E-state index contributed by atoms with van der Waals surface area (Å²) in [4.78, 5) is 34.7. The fourth-order valence-electron chi connectivity index (χ4n) is 3.01. The predicted molar refractivity (Wildman–Crippen MR) is 103 cm³/mol. The summed E-state index contributed by atoms with van der Waals surface area (Å²) in [5, 5.41) is 6.22. The minimum absolute atomic E-state index is 0.0223. The third-order valence-electron chi connectivity index (χ3n) is 4.49. The lowest BCUT2D eigenvalue weighted by atomic mass is 9.96. The molecule has 0 saturated carbocycles. The molecule has 2 N–H and O–H groups in total. The fraction of sp³-hybridized carbons (Fsp3) is 0.368. The molecule has 142 valence electrons. The maximum absolute atomic E-state index is 12.3. The van der Waals surface area contributed by atoms with Crippen LogP contribution in [0.25, 0.3) is 0 Å². The average molecular weight is 388 g/mol. The molecule has 7 nitrogen and oxygen atoms in total. The third kappa shape index (κ3) is 6.01. The lowest BCUT2D eigenvalue weighted by molar-refractivity contribution is -0.126. The number of nitrogens with one attached hydrogen (secondary N) is 2. The second-order valence-electron chi connectivity index (χ2n) is 6.50. The van der Waals surface area contributed by atoms with Gasteiger partial charge in [0, 0.05) is 18.3 Å². The van der Waals surface area contributed by atoms with E-state index in [9.17, 15) is 9.59 Å². The van der Waals surface area contributed by atoms with Crippen LogP contribution in [0.4, 0.5) is 5.82 Å². The zero-order chi connectivity index (χ0) is 19.1. The maximum Gasteiger partial charge on any atom is 0.239 e. The van der Waals surface area contributed by atoms with Crippen molar-refractivity contribution in [1.29, 1.82) is 0 Å². The van der Waals surface area contributed by atoms with E-state index in [0.717, 1.165) is 18.5 Å². The standard InChI is InChI=1S/C19H22ClN5O2/c20-15-4-5-17(22-11-15)24-18(26)13-25-9-6-14(7-10-25)19(27)23-12-16-3-1-2-8-21-16/h1-5,8,11,14H,6-7,9-10,12-13H2,(H,23,27)(H,22,24,26). The molecule has 8 heteroatoms. The molecule has 0 atom stereocenters. The SMILES string of the molecule is O=C(CN1CCC(C(=O)NCc2ccccn2)CC1)Nc1ccc(Cl)cn1. The van der Waals surface area contributed by atoms with Crippen LogP contribution in [0, 0.1) is 5.92 Å². The lowest BCUT2D eigenvalue weighted by Crippen LogP contribution is -2.43. The number of pyridine rings is 2. The number of carbonyl (C=O) groups excluding carboxylic acids is 2. The third-order valence-corrected chi connectivity index (χ3v) is 4.71. The number of amides is 2. The van der Waals surface area contributed by atoms with Gasteiger partial charge in [-0.2, -0.15) is 0 Å². The van der Waals surface area contributed by atoms with Gasteiger partial charge in [0.25, 0.3) is 0 Å². The van der Waals surface area contributed by atoms with Gasteiger partial charge in [-0.05, 0) is 50.2 Å². The number of aromatic nitrogens is 2. The zero-order valence-electron chi connectivity index (χ0n) is 14.9. The van der Waals surface area contributed by atoms with E-state index in [0.29, 0.717) is 30.5 Å². The Morgan fingerprint density at radius 3 is 2.63 bits per heavy atom. The molecule has 2 amide bonds. The first-order valence-electron chi connectivity index (χ1n) is 8.91.